The van der Waals surface area contributed by atoms with Crippen molar-refractivity contribution >= 4 is 5.91 Å². The Hall–Kier alpha value is -0.610. The third kappa shape index (κ3) is 2.63. The highest BCUT2D eigenvalue weighted by Gasteiger charge is 2.42. The Bertz CT molecular complexity index is 285. The number of likely N-dealkylation sites (tertiary alicyclic amines) is 1. The van der Waals surface area contributed by atoms with Crippen LogP contribution in [-0.2, 0) is 9.53 Å². The molecule has 1 amide bonds. The van der Waals surface area contributed by atoms with E-state index in [1.807, 2.05) is 4.90 Å². The van der Waals surface area contributed by atoms with Gasteiger partial charge in [0.1, 0.15) is 0 Å². The van der Waals surface area contributed by atoms with Crippen molar-refractivity contribution in [1.82, 2.24) is 10.2 Å². The molecule has 0 radical (unpaired) electrons. The van der Waals surface area contributed by atoms with Gasteiger partial charge in [0.15, 0.2) is 0 Å². The van der Waals surface area contributed by atoms with Crippen molar-refractivity contribution < 1.29 is 9.53 Å². The van der Waals surface area contributed by atoms with Crippen molar-refractivity contribution in [3.05, 3.63) is 0 Å². The Kier molecular flexibility index (Phi) is 3.73. The molecule has 0 aromatic heterocycles. The van der Waals surface area contributed by atoms with E-state index in [4.69, 9.17) is 4.74 Å². The number of hydrogen-bond donors (Lipinski definition) is 1. The maximum Gasteiger partial charge on any atom is 0.239 e. The number of methoxy groups -OCH3 is 1. The number of nitrogens with zero attached hydrogens (tertiary/aromatic N) is 1. The lowest BCUT2D eigenvalue weighted by Crippen LogP contribution is -2.43. The zero-order chi connectivity index (χ0) is 12.5. The molecule has 2 fully saturated rings. The van der Waals surface area contributed by atoms with Gasteiger partial charge in [0.2, 0.25) is 5.91 Å². The summed E-state index contributed by atoms with van der Waals surface area (Å²) in [6.07, 6.45) is 2.11. The van der Waals surface area contributed by atoms with Crippen LogP contribution in [-0.4, -0.2) is 50.2 Å². The average Bonchev–Trinajstić information content (AvgIpc) is 2.87. The molecule has 2 saturated heterocycles. The molecule has 2 heterocycles. The summed E-state index contributed by atoms with van der Waals surface area (Å²) in [5.74, 6) is 0.743. The lowest BCUT2D eigenvalue weighted by Gasteiger charge is -2.24. The summed E-state index contributed by atoms with van der Waals surface area (Å²) < 4.78 is 5.26. The van der Waals surface area contributed by atoms with Gasteiger partial charge in [0.25, 0.3) is 0 Å². The first-order valence-electron chi connectivity index (χ1n) is 6.55. The second-order valence-corrected chi connectivity index (χ2v) is 6.01. The first-order valence-corrected chi connectivity index (χ1v) is 6.55. The molecule has 4 heteroatoms. The monoisotopic (exact) mass is 240 g/mol. The SMILES string of the molecule is COC[C@@H]1CN(C(=O)[C@@H]2CCCN2)CC1(C)C. The molecule has 0 unspecified atom stereocenters. The predicted molar refractivity (Wildman–Crippen MR) is 66.8 cm³/mol. The van der Waals surface area contributed by atoms with Gasteiger partial charge < -0.3 is 15.0 Å². The number of carbonyl (C=O) groups excluding carboxylic acids is 1. The first kappa shape index (κ1) is 12.8. The van der Waals surface area contributed by atoms with E-state index in [0.29, 0.717) is 5.92 Å². The molecule has 17 heavy (non-hydrogen) atoms. The van der Waals surface area contributed by atoms with Crippen LogP contribution in [0, 0.1) is 11.3 Å². The highest BCUT2D eigenvalue weighted by Crippen LogP contribution is 2.35. The minimum Gasteiger partial charge on any atom is -0.384 e. The number of amides is 1. The fourth-order valence-electron chi connectivity index (χ4n) is 2.96. The summed E-state index contributed by atoms with van der Waals surface area (Å²) in [5.41, 5.74) is 0.171. The molecule has 98 valence electrons. The molecule has 2 atom stereocenters. The zero-order valence-corrected chi connectivity index (χ0v) is 11.2. The van der Waals surface area contributed by atoms with E-state index < -0.39 is 0 Å². The van der Waals surface area contributed by atoms with Gasteiger partial charge in [-0.3, -0.25) is 4.79 Å². The maximum absolute atomic E-state index is 12.3. The van der Waals surface area contributed by atoms with Crippen LogP contribution in [0.2, 0.25) is 0 Å². The molecule has 0 aromatic rings. The van der Waals surface area contributed by atoms with Crippen LogP contribution in [0.25, 0.3) is 0 Å². The van der Waals surface area contributed by atoms with E-state index in [9.17, 15) is 4.79 Å². The Balaban J connectivity index is 1.97. The van der Waals surface area contributed by atoms with E-state index in [1.54, 1.807) is 7.11 Å². The molecule has 2 aliphatic heterocycles. The number of ether oxygens (including phenoxy) is 1. The molecule has 0 spiro atoms. The van der Waals surface area contributed by atoms with Crippen LogP contribution in [0.1, 0.15) is 26.7 Å². The fourth-order valence-corrected chi connectivity index (χ4v) is 2.96. The van der Waals surface area contributed by atoms with E-state index in [1.165, 1.54) is 0 Å². The van der Waals surface area contributed by atoms with Crippen LogP contribution in [0.5, 0.6) is 0 Å². The van der Waals surface area contributed by atoms with E-state index in [-0.39, 0.29) is 17.4 Å². The van der Waals surface area contributed by atoms with Crippen LogP contribution < -0.4 is 5.32 Å². The minimum absolute atomic E-state index is 0.0621. The molecular weight excluding hydrogens is 216 g/mol. The summed E-state index contributed by atoms with van der Waals surface area (Å²) in [5, 5.41) is 3.28. The highest BCUT2D eigenvalue weighted by atomic mass is 16.5. The lowest BCUT2D eigenvalue weighted by atomic mass is 9.83. The average molecular weight is 240 g/mol. The summed E-state index contributed by atoms with van der Waals surface area (Å²) >= 11 is 0. The Morgan fingerprint density at radius 1 is 1.53 bits per heavy atom. The van der Waals surface area contributed by atoms with Crippen molar-refractivity contribution in [2.75, 3.05) is 33.4 Å². The minimum atomic E-state index is 0.0621. The Morgan fingerprint density at radius 3 is 2.88 bits per heavy atom. The van der Waals surface area contributed by atoms with Gasteiger partial charge in [0.05, 0.1) is 12.6 Å². The summed E-state index contributed by atoms with van der Waals surface area (Å²) in [4.78, 5) is 14.3. The second kappa shape index (κ2) is 4.94. The summed E-state index contributed by atoms with van der Waals surface area (Å²) in [6, 6.07) is 0.0621. The molecule has 0 saturated carbocycles. The molecule has 0 aliphatic carbocycles. The number of hydrogen-bond acceptors (Lipinski definition) is 3. The highest BCUT2D eigenvalue weighted by molar-refractivity contribution is 5.82. The molecule has 4 nitrogen and oxygen atoms in total. The number of nitrogens with one attached hydrogen (secondary N) is 1. The number of rotatable bonds is 3. The second-order valence-electron chi connectivity index (χ2n) is 6.01. The first-order chi connectivity index (χ1) is 8.04. The van der Waals surface area contributed by atoms with Crippen LogP contribution in [0.3, 0.4) is 0 Å². The molecule has 2 rings (SSSR count). The third-order valence-electron chi connectivity index (χ3n) is 4.18. The van der Waals surface area contributed by atoms with E-state index in [2.05, 4.69) is 19.2 Å². The largest absolute Gasteiger partial charge is 0.384 e. The summed E-state index contributed by atoms with van der Waals surface area (Å²) in [6.45, 7) is 7.89. The van der Waals surface area contributed by atoms with E-state index in [0.717, 1.165) is 39.1 Å². The van der Waals surface area contributed by atoms with Gasteiger partial charge in [-0.2, -0.15) is 0 Å². The van der Waals surface area contributed by atoms with Gasteiger partial charge in [-0.1, -0.05) is 13.8 Å². The Morgan fingerprint density at radius 2 is 2.29 bits per heavy atom. The van der Waals surface area contributed by atoms with Gasteiger partial charge in [-0.25, -0.2) is 0 Å². The van der Waals surface area contributed by atoms with Crippen molar-refractivity contribution in [1.29, 1.82) is 0 Å². The summed E-state index contributed by atoms with van der Waals surface area (Å²) in [7, 11) is 1.74. The third-order valence-corrected chi connectivity index (χ3v) is 4.18. The smallest absolute Gasteiger partial charge is 0.239 e. The van der Waals surface area contributed by atoms with Gasteiger partial charge in [-0.15, -0.1) is 0 Å². The van der Waals surface area contributed by atoms with Crippen molar-refractivity contribution in [3.63, 3.8) is 0 Å². The van der Waals surface area contributed by atoms with Crippen molar-refractivity contribution in [2.45, 2.75) is 32.7 Å². The van der Waals surface area contributed by atoms with Crippen molar-refractivity contribution in [2.24, 2.45) is 11.3 Å². The Labute approximate surface area is 104 Å². The van der Waals surface area contributed by atoms with E-state index >= 15 is 0 Å². The lowest BCUT2D eigenvalue weighted by molar-refractivity contribution is -0.132. The molecule has 0 bridgehead atoms. The topological polar surface area (TPSA) is 41.6 Å². The van der Waals surface area contributed by atoms with Crippen LogP contribution in [0.15, 0.2) is 0 Å². The predicted octanol–water partition coefficient (Wildman–Crippen LogP) is 0.869. The van der Waals surface area contributed by atoms with Crippen LogP contribution >= 0.6 is 0 Å². The number of carbonyl (C=O) groups is 1. The zero-order valence-electron chi connectivity index (χ0n) is 11.2. The van der Waals surface area contributed by atoms with Gasteiger partial charge >= 0.3 is 0 Å². The maximum atomic E-state index is 12.3. The quantitative estimate of drug-likeness (QED) is 0.796. The van der Waals surface area contributed by atoms with Crippen molar-refractivity contribution in [3.8, 4) is 0 Å². The normalized spacial score (nSPS) is 32.1. The van der Waals surface area contributed by atoms with Gasteiger partial charge in [0, 0.05) is 26.1 Å². The van der Waals surface area contributed by atoms with Gasteiger partial charge in [-0.05, 0) is 24.8 Å². The molecular formula is C13H24N2O2. The molecule has 0 aromatic carbocycles. The molecule has 1 N–H and O–H groups in total. The standard InChI is InChI=1S/C13H24N2O2/c1-13(2)9-15(7-10(13)8-17-3)12(16)11-5-4-6-14-11/h10-11,14H,4-9H2,1-3H3/t10-,11-/m0/s1. The van der Waals surface area contributed by atoms with Crippen LogP contribution in [0.4, 0.5) is 0 Å². The molecule has 2 aliphatic rings. The fraction of sp³-hybridized carbons (Fsp3) is 0.923.